The van der Waals surface area contributed by atoms with Gasteiger partial charge >= 0.3 is 5.97 Å². The van der Waals surface area contributed by atoms with Gasteiger partial charge in [0.2, 0.25) is 0 Å². The second-order valence-corrected chi connectivity index (χ2v) is 4.21. The number of likely N-dealkylation sites (tertiary alicyclic amines) is 1. The average molecular weight is 247 g/mol. The Balaban J connectivity index is 2.43. The van der Waals surface area contributed by atoms with E-state index in [1.165, 1.54) is 0 Å². The number of carbonyl (C=O) groups is 1. The molecule has 0 amide bonds. The predicted octanol–water partition coefficient (Wildman–Crippen LogP) is 0.171. The summed E-state index contributed by atoms with van der Waals surface area (Å²) in [6.07, 6.45) is 1.31. The molecule has 0 aromatic heterocycles. The fraction of sp³-hybridized carbons (Fsp3) is 0.909. The van der Waals surface area contributed by atoms with Gasteiger partial charge in [-0.05, 0) is 12.8 Å². The van der Waals surface area contributed by atoms with Crippen LogP contribution in [0.2, 0.25) is 0 Å². The van der Waals surface area contributed by atoms with Crippen LogP contribution >= 0.6 is 0 Å². The first-order valence-corrected chi connectivity index (χ1v) is 5.64. The Morgan fingerprint density at radius 1 is 1.35 bits per heavy atom. The van der Waals surface area contributed by atoms with Crippen LogP contribution in [0.25, 0.3) is 0 Å². The Hall–Kier alpha value is -0.690. The summed E-state index contributed by atoms with van der Waals surface area (Å²) >= 11 is 0. The minimum Gasteiger partial charge on any atom is -0.480 e. The van der Waals surface area contributed by atoms with E-state index in [4.69, 9.17) is 19.3 Å². The van der Waals surface area contributed by atoms with E-state index in [9.17, 15) is 4.79 Å². The van der Waals surface area contributed by atoms with Crippen molar-refractivity contribution in [2.45, 2.75) is 24.7 Å². The first-order valence-electron chi connectivity index (χ1n) is 5.64. The van der Waals surface area contributed by atoms with Crippen LogP contribution in [0.5, 0.6) is 0 Å². The van der Waals surface area contributed by atoms with E-state index in [-0.39, 0.29) is 0 Å². The summed E-state index contributed by atoms with van der Waals surface area (Å²) in [6, 6.07) is -0.483. The molecule has 1 aliphatic heterocycles. The smallest absolute Gasteiger partial charge is 0.320 e. The average Bonchev–Trinajstić information content (AvgIpc) is 2.26. The molecule has 6 nitrogen and oxygen atoms in total. The van der Waals surface area contributed by atoms with Gasteiger partial charge in [-0.1, -0.05) is 0 Å². The van der Waals surface area contributed by atoms with Gasteiger partial charge < -0.3 is 19.3 Å². The summed E-state index contributed by atoms with van der Waals surface area (Å²) in [7, 11) is 4.75. The predicted molar refractivity (Wildman–Crippen MR) is 60.9 cm³/mol. The van der Waals surface area contributed by atoms with Crippen molar-refractivity contribution in [3.05, 3.63) is 0 Å². The first kappa shape index (κ1) is 14.4. The van der Waals surface area contributed by atoms with Crippen molar-refractivity contribution < 1.29 is 24.1 Å². The van der Waals surface area contributed by atoms with Gasteiger partial charge in [0.25, 0.3) is 0 Å². The van der Waals surface area contributed by atoms with Crippen LogP contribution in [0.3, 0.4) is 0 Å². The van der Waals surface area contributed by atoms with Crippen molar-refractivity contribution in [2.75, 3.05) is 41.0 Å². The molecule has 0 aliphatic carbocycles. The molecule has 1 aliphatic rings. The van der Waals surface area contributed by atoms with Gasteiger partial charge in [0.05, 0.1) is 13.1 Å². The minimum atomic E-state index is -0.804. The molecule has 0 aromatic carbocycles. The summed E-state index contributed by atoms with van der Waals surface area (Å²) in [4.78, 5) is 13.0. The fourth-order valence-corrected chi connectivity index (χ4v) is 2.02. The Morgan fingerprint density at radius 2 is 1.94 bits per heavy atom. The summed E-state index contributed by atoms with van der Waals surface area (Å²) in [5, 5.41) is 9.16. The molecule has 1 N–H and O–H groups in total. The number of ether oxygens (including phenoxy) is 3. The van der Waals surface area contributed by atoms with E-state index in [0.29, 0.717) is 26.1 Å². The van der Waals surface area contributed by atoms with Crippen LogP contribution in [0, 0.1) is 0 Å². The lowest BCUT2D eigenvalue weighted by atomic mass is 10.0. The summed E-state index contributed by atoms with van der Waals surface area (Å²) in [5.74, 6) is -1.43. The van der Waals surface area contributed by atoms with Gasteiger partial charge in [-0.3, -0.25) is 9.69 Å². The zero-order chi connectivity index (χ0) is 12.9. The molecule has 17 heavy (non-hydrogen) atoms. The Kier molecular flexibility index (Phi) is 5.32. The van der Waals surface area contributed by atoms with E-state index in [0.717, 1.165) is 6.42 Å². The van der Waals surface area contributed by atoms with Gasteiger partial charge in [0, 0.05) is 27.9 Å². The lowest BCUT2D eigenvalue weighted by Gasteiger charge is -2.49. The summed E-state index contributed by atoms with van der Waals surface area (Å²) in [5.41, 5.74) is 0. The van der Waals surface area contributed by atoms with E-state index in [2.05, 4.69) is 0 Å². The van der Waals surface area contributed by atoms with Crippen molar-refractivity contribution in [1.82, 2.24) is 4.90 Å². The SMILES string of the molecule is COCCCC(C(=O)O)N1CC(OC)(OC)C1. The van der Waals surface area contributed by atoms with E-state index >= 15 is 0 Å². The highest BCUT2D eigenvalue weighted by molar-refractivity contribution is 5.73. The van der Waals surface area contributed by atoms with E-state index < -0.39 is 17.8 Å². The monoisotopic (exact) mass is 247 g/mol. The molecule has 6 heteroatoms. The highest BCUT2D eigenvalue weighted by Gasteiger charge is 2.48. The summed E-state index contributed by atoms with van der Waals surface area (Å²) in [6.45, 7) is 1.56. The topological polar surface area (TPSA) is 68.2 Å². The molecular weight excluding hydrogens is 226 g/mol. The molecule has 1 saturated heterocycles. The molecular formula is C11H21NO5. The lowest BCUT2D eigenvalue weighted by molar-refractivity contribution is -0.281. The largest absolute Gasteiger partial charge is 0.480 e. The molecule has 0 saturated carbocycles. The number of carboxylic acid groups (broad SMARTS) is 1. The Labute approximate surface area is 101 Å². The molecule has 1 rings (SSSR count). The van der Waals surface area contributed by atoms with Crippen molar-refractivity contribution >= 4 is 5.97 Å². The molecule has 0 aromatic rings. The van der Waals surface area contributed by atoms with Crippen molar-refractivity contribution in [3.8, 4) is 0 Å². The maximum absolute atomic E-state index is 11.2. The van der Waals surface area contributed by atoms with Crippen LogP contribution < -0.4 is 0 Å². The van der Waals surface area contributed by atoms with Gasteiger partial charge in [-0.15, -0.1) is 0 Å². The maximum Gasteiger partial charge on any atom is 0.320 e. The molecule has 1 unspecified atom stereocenters. The molecule has 0 spiro atoms. The Bertz CT molecular complexity index is 246. The number of methoxy groups -OCH3 is 3. The van der Waals surface area contributed by atoms with Crippen LogP contribution in [0.4, 0.5) is 0 Å². The normalized spacial score (nSPS) is 20.9. The van der Waals surface area contributed by atoms with Crippen molar-refractivity contribution in [3.63, 3.8) is 0 Å². The second kappa shape index (κ2) is 6.30. The van der Waals surface area contributed by atoms with Gasteiger partial charge in [-0.2, -0.15) is 0 Å². The number of nitrogens with zero attached hydrogens (tertiary/aromatic N) is 1. The van der Waals surface area contributed by atoms with Gasteiger partial charge in [0.15, 0.2) is 5.79 Å². The molecule has 1 atom stereocenters. The van der Waals surface area contributed by atoms with Gasteiger partial charge in [0.1, 0.15) is 6.04 Å². The van der Waals surface area contributed by atoms with Crippen LogP contribution in [0.1, 0.15) is 12.8 Å². The zero-order valence-corrected chi connectivity index (χ0v) is 10.6. The molecule has 0 bridgehead atoms. The maximum atomic E-state index is 11.2. The van der Waals surface area contributed by atoms with E-state index in [1.54, 1.807) is 21.3 Å². The number of hydrogen-bond acceptors (Lipinski definition) is 5. The number of carboxylic acids is 1. The number of aliphatic carboxylic acids is 1. The standard InChI is InChI=1S/C11H21NO5/c1-15-6-4-5-9(10(13)14)12-7-11(8-12,16-2)17-3/h9H,4-8H2,1-3H3,(H,13,14). The lowest BCUT2D eigenvalue weighted by Crippen LogP contribution is -2.67. The van der Waals surface area contributed by atoms with Crippen molar-refractivity contribution in [2.24, 2.45) is 0 Å². The van der Waals surface area contributed by atoms with Crippen LogP contribution in [-0.2, 0) is 19.0 Å². The molecule has 100 valence electrons. The third-order valence-corrected chi connectivity index (χ3v) is 3.18. The third-order valence-electron chi connectivity index (χ3n) is 3.18. The third kappa shape index (κ3) is 3.38. The molecule has 0 radical (unpaired) electrons. The second-order valence-electron chi connectivity index (χ2n) is 4.21. The quantitative estimate of drug-likeness (QED) is 0.487. The highest BCUT2D eigenvalue weighted by Crippen LogP contribution is 2.28. The fourth-order valence-electron chi connectivity index (χ4n) is 2.02. The zero-order valence-electron chi connectivity index (χ0n) is 10.6. The summed E-state index contributed by atoms with van der Waals surface area (Å²) < 4.78 is 15.4. The molecule has 1 fully saturated rings. The highest BCUT2D eigenvalue weighted by atomic mass is 16.7. The number of rotatable bonds is 8. The first-order chi connectivity index (χ1) is 8.08. The molecule has 1 heterocycles. The Morgan fingerprint density at radius 3 is 2.35 bits per heavy atom. The van der Waals surface area contributed by atoms with Crippen LogP contribution in [0.15, 0.2) is 0 Å². The minimum absolute atomic E-state index is 0.483. The van der Waals surface area contributed by atoms with Crippen molar-refractivity contribution in [1.29, 1.82) is 0 Å². The van der Waals surface area contributed by atoms with Gasteiger partial charge in [-0.25, -0.2) is 0 Å². The van der Waals surface area contributed by atoms with Crippen LogP contribution in [-0.4, -0.2) is 68.8 Å². The number of hydrogen-bond donors (Lipinski definition) is 1. The van der Waals surface area contributed by atoms with E-state index in [1.807, 2.05) is 4.90 Å².